The number of fused-ring (bicyclic) bond motifs is 1. The predicted octanol–water partition coefficient (Wildman–Crippen LogP) is 1.61. The fourth-order valence-electron chi connectivity index (χ4n) is 4.84. The van der Waals surface area contributed by atoms with Crippen molar-refractivity contribution in [2.45, 2.75) is 57.8 Å². The van der Waals surface area contributed by atoms with E-state index in [2.05, 4.69) is 10.1 Å². The molecule has 8 nitrogen and oxygen atoms in total. The molecule has 2 aliphatic heterocycles. The number of aromatic nitrogens is 3. The van der Waals surface area contributed by atoms with Gasteiger partial charge in [-0.3, -0.25) is 19.5 Å². The van der Waals surface area contributed by atoms with Crippen molar-refractivity contribution < 1.29 is 9.59 Å². The van der Waals surface area contributed by atoms with Gasteiger partial charge in [0.2, 0.25) is 11.8 Å². The monoisotopic (exact) mass is 411 g/mol. The Morgan fingerprint density at radius 2 is 1.90 bits per heavy atom. The average Bonchev–Trinajstić information content (AvgIpc) is 3.15. The summed E-state index contributed by atoms with van der Waals surface area (Å²) in [6.45, 7) is 4.98. The number of carbonyl (C=O) groups excluding carboxylic acids is 2. The normalized spacial score (nSPS) is 21.7. The van der Waals surface area contributed by atoms with E-state index in [0.717, 1.165) is 57.4 Å². The predicted molar refractivity (Wildman–Crippen MR) is 111 cm³/mol. The summed E-state index contributed by atoms with van der Waals surface area (Å²) in [5.41, 5.74) is 2.73. The highest BCUT2D eigenvalue weighted by atomic mass is 16.2. The molecule has 1 aliphatic carbocycles. The Labute approximate surface area is 175 Å². The van der Waals surface area contributed by atoms with Gasteiger partial charge in [0, 0.05) is 67.5 Å². The second-order valence-electron chi connectivity index (χ2n) is 9.02. The zero-order valence-electron chi connectivity index (χ0n) is 17.5. The zero-order valence-corrected chi connectivity index (χ0v) is 17.5. The van der Waals surface area contributed by atoms with Crippen LogP contribution in [0.3, 0.4) is 0 Å². The van der Waals surface area contributed by atoms with Crippen molar-refractivity contribution in [1.82, 2.24) is 24.4 Å². The lowest BCUT2D eigenvalue weighted by atomic mass is 10.1. The summed E-state index contributed by atoms with van der Waals surface area (Å²) in [7, 11) is 0. The number of aromatic amines is 1. The van der Waals surface area contributed by atoms with Gasteiger partial charge >= 0.3 is 0 Å². The lowest BCUT2D eigenvalue weighted by molar-refractivity contribution is -0.131. The molecule has 0 radical (unpaired) electrons. The number of nitrogens with zero attached hydrogens (tertiary/aromatic N) is 4. The number of rotatable bonds is 5. The molecule has 0 spiro atoms. The maximum absolute atomic E-state index is 13.1. The molecule has 30 heavy (non-hydrogen) atoms. The maximum Gasteiger partial charge on any atom is 0.276 e. The Bertz CT molecular complexity index is 1040. The molecule has 3 fully saturated rings. The molecular weight excluding hydrogens is 382 g/mol. The molecule has 160 valence electrons. The highest BCUT2D eigenvalue weighted by Gasteiger charge is 2.37. The van der Waals surface area contributed by atoms with Gasteiger partial charge in [-0.1, -0.05) is 0 Å². The zero-order chi connectivity index (χ0) is 20.8. The SMILES string of the molecule is Cc1nc2cc(C3CCN(C(=O)C4CC4)C3)[nH]n2c(=O)c1CCC(=O)N1CCCC1. The average molecular weight is 412 g/mol. The molecule has 0 aromatic carbocycles. The van der Waals surface area contributed by atoms with E-state index in [1.54, 1.807) is 0 Å². The summed E-state index contributed by atoms with van der Waals surface area (Å²) in [6.07, 6.45) is 5.84. The second kappa shape index (κ2) is 7.56. The highest BCUT2D eigenvalue weighted by Crippen LogP contribution is 2.34. The number of amides is 2. The highest BCUT2D eigenvalue weighted by molar-refractivity contribution is 5.81. The van der Waals surface area contributed by atoms with Gasteiger partial charge in [0.15, 0.2) is 5.65 Å². The van der Waals surface area contributed by atoms with E-state index >= 15 is 0 Å². The molecule has 4 heterocycles. The van der Waals surface area contributed by atoms with Crippen LogP contribution in [-0.2, 0) is 16.0 Å². The van der Waals surface area contributed by atoms with Crippen molar-refractivity contribution in [3.63, 3.8) is 0 Å². The van der Waals surface area contributed by atoms with Gasteiger partial charge in [-0.05, 0) is 45.4 Å². The number of aryl methyl sites for hydroxylation is 1. The van der Waals surface area contributed by atoms with Gasteiger partial charge < -0.3 is 9.80 Å². The molecule has 3 aliphatic rings. The van der Waals surface area contributed by atoms with E-state index in [1.165, 1.54) is 4.52 Å². The first kappa shape index (κ1) is 19.3. The third kappa shape index (κ3) is 3.52. The number of nitrogens with one attached hydrogen (secondary N) is 1. The summed E-state index contributed by atoms with van der Waals surface area (Å²) >= 11 is 0. The van der Waals surface area contributed by atoms with Gasteiger partial charge in [0.25, 0.3) is 5.56 Å². The maximum atomic E-state index is 13.1. The number of likely N-dealkylation sites (tertiary alicyclic amines) is 2. The molecule has 2 aromatic rings. The first-order chi connectivity index (χ1) is 14.5. The van der Waals surface area contributed by atoms with Crippen LogP contribution >= 0.6 is 0 Å². The Kier molecular flexibility index (Phi) is 4.87. The summed E-state index contributed by atoms with van der Waals surface area (Å²) in [4.78, 5) is 46.3. The van der Waals surface area contributed by atoms with Crippen molar-refractivity contribution in [3.05, 3.63) is 33.4 Å². The van der Waals surface area contributed by atoms with Crippen LogP contribution in [-0.4, -0.2) is 62.4 Å². The molecular formula is C22H29N5O3. The van der Waals surface area contributed by atoms with E-state index in [9.17, 15) is 14.4 Å². The van der Waals surface area contributed by atoms with Crippen molar-refractivity contribution in [1.29, 1.82) is 0 Å². The third-order valence-electron chi connectivity index (χ3n) is 6.85. The minimum Gasteiger partial charge on any atom is -0.343 e. The first-order valence-electron chi connectivity index (χ1n) is 11.2. The van der Waals surface area contributed by atoms with Crippen molar-refractivity contribution in [2.24, 2.45) is 5.92 Å². The Hall–Kier alpha value is -2.64. The molecule has 8 heteroatoms. The fraction of sp³-hybridized carbons (Fsp3) is 0.636. The lowest BCUT2D eigenvalue weighted by Crippen LogP contribution is -2.29. The van der Waals surface area contributed by atoms with Crippen LogP contribution < -0.4 is 5.56 Å². The van der Waals surface area contributed by atoms with Crippen molar-refractivity contribution in [3.8, 4) is 0 Å². The van der Waals surface area contributed by atoms with Gasteiger partial charge in [-0.15, -0.1) is 0 Å². The molecule has 1 atom stereocenters. The standard InChI is InChI=1S/C22H29N5O3/c1-14-17(6-7-20(28)25-9-2-3-10-25)22(30)27-19(23-14)12-18(24-27)16-8-11-26(13-16)21(29)15-4-5-15/h12,15-16,24H,2-11,13H2,1H3. The van der Waals surface area contributed by atoms with Crippen LogP contribution in [0.4, 0.5) is 0 Å². The summed E-state index contributed by atoms with van der Waals surface area (Å²) in [5.74, 6) is 0.846. The van der Waals surface area contributed by atoms with Crippen LogP contribution in [0, 0.1) is 12.8 Å². The molecule has 5 rings (SSSR count). The molecule has 0 bridgehead atoms. The molecule has 1 N–H and O–H groups in total. The molecule has 1 saturated carbocycles. The number of hydrogen-bond acceptors (Lipinski definition) is 4. The van der Waals surface area contributed by atoms with E-state index < -0.39 is 0 Å². The van der Waals surface area contributed by atoms with Gasteiger partial charge in [0.1, 0.15) is 0 Å². The molecule has 2 saturated heterocycles. The molecule has 1 unspecified atom stereocenters. The second-order valence-corrected chi connectivity index (χ2v) is 9.02. The van der Waals surface area contributed by atoms with Crippen LogP contribution in [0.1, 0.15) is 61.4 Å². The molecule has 2 aromatic heterocycles. The quantitative estimate of drug-likeness (QED) is 0.809. The van der Waals surface area contributed by atoms with Crippen LogP contribution in [0.25, 0.3) is 5.65 Å². The number of hydrogen-bond donors (Lipinski definition) is 1. The number of H-pyrrole nitrogens is 1. The fourth-order valence-corrected chi connectivity index (χ4v) is 4.84. The van der Waals surface area contributed by atoms with E-state index in [-0.39, 0.29) is 29.2 Å². The summed E-state index contributed by atoms with van der Waals surface area (Å²) < 4.78 is 1.50. The van der Waals surface area contributed by atoms with E-state index in [4.69, 9.17) is 0 Å². The van der Waals surface area contributed by atoms with Crippen LogP contribution in [0.15, 0.2) is 10.9 Å². The van der Waals surface area contributed by atoms with Gasteiger partial charge in [-0.2, -0.15) is 0 Å². The summed E-state index contributed by atoms with van der Waals surface area (Å²) in [5, 5.41) is 3.23. The topological polar surface area (TPSA) is 90.8 Å². The van der Waals surface area contributed by atoms with Gasteiger partial charge in [-0.25, -0.2) is 9.50 Å². The Morgan fingerprint density at radius 3 is 2.63 bits per heavy atom. The van der Waals surface area contributed by atoms with Crippen LogP contribution in [0.2, 0.25) is 0 Å². The first-order valence-corrected chi connectivity index (χ1v) is 11.2. The Balaban J connectivity index is 1.33. The van der Waals surface area contributed by atoms with E-state index in [0.29, 0.717) is 36.3 Å². The minimum atomic E-state index is -0.123. The summed E-state index contributed by atoms with van der Waals surface area (Å²) in [6, 6.07) is 1.93. The van der Waals surface area contributed by atoms with Crippen molar-refractivity contribution in [2.75, 3.05) is 26.2 Å². The largest absolute Gasteiger partial charge is 0.343 e. The number of carbonyl (C=O) groups is 2. The Morgan fingerprint density at radius 1 is 1.13 bits per heavy atom. The van der Waals surface area contributed by atoms with Crippen molar-refractivity contribution >= 4 is 17.5 Å². The van der Waals surface area contributed by atoms with Gasteiger partial charge in [0.05, 0.1) is 0 Å². The minimum absolute atomic E-state index is 0.120. The van der Waals surface area contributed by atoms with Crippen LogP contribution in [0.5, 0.6) is 0 Å². The lowest BCUT2D eigenvalue weighted by Gasteiger charge is -2.15. The third-order valence-corrected chi connectivity index (χ3v) is 6.85. The smallest absolute Gasteiger partial charge is 0.276 e. The van der Waals surface area contributed by atoms with E-state index in [1.807, 2.05) is 22.8 Å². The molecule has 2 amide bonds.